The smallest absolute Gasteiger partial charge is 0.269 e. The largest absolute Gasteiger partial charge is 0.369 e. The second-order valence-corrected chi connectivity index (χ2v) is 6.13. The maximum absolute atomic E-state index is 12.1. The first kappa shape index (κ1) is 15.8. The molecule has 1 aliphatic rings. The Morgan fingerprint density at radius 2 is 2.05 bits per heavy atom. The molecule has 0 saturated carbocycles. The highest BCUT2D eigenvalue weighted by Crippen LogP contribution is 2.16. The highest BCUT2D eigenvalue weighted by molar-refractivity contribution is 5.93. The van der Waals surface area contributed by atoms with E-state index in [0.717, 1.165) is 38.3 Å². The lowest BCUT2D eigenvalue weighted by molar-refractivity contribution is 0.0947. The van der Waals surface area contributed by atoms with Crippen molar-refractivity contribution in [2.24, 2.45) is 5.92 Å². The first-order valence-electron chi connectivity index (χ1n) is 7.74. The lowest BCUT2D eigenvalue weighted by Crippen LogP contribution is -2.44. The number of pyridine rings is 1. The molecule has 0 aromatic carbocycles. The minimum absolute atomic E-state index is 0.0772. The van der Waals surface area contributed by atoms with Gasteiger partial charge in [-0.25, -0.2) is 0 Å². The summed E-state index contributed by atoms with van der Waals surface area (Å²) >= 11 is 0. The molecule has 2 heterocycles. The van der Waals surface area contributed by atoms with Gasteiger partial charge in [-0.1, -0.05) is 13.8 Å². The van der Waals surface area contributed by atoms with E-state index in [9.17, 15) is 4.79 Å². The fourth-order valence-electron chi connectivity index (χ4n) is 2.37. The molecule has 1 fully saturated rings. The normalized spacial score (nSPS) is 16.3. The number of piperazine rings is 1. The van der Waals surface area contributed by atoms with Crippen LogP contribution in [-0.4, -0.2) is 55.6 Å². The molecule has 0 bridgehead atoms. The molecular weight excluding hydrogens is 264 g/mol. The summed E-state index contributed by atoms with van der Waals surface area (Å²) in [6, 6.07) is 3.88. The third-order valence-corrected chi connectivity index (χ3v) is 3.85. The molecule has 0 radical (unpaired) electrons. The molecule has 0 spiro atoms. The van der Waals surface area contributed by atoms with E-state index in [4.69, 9.17) is 0 Å². The molecule has 21 heavy (non-hydrogen) atoms. The summed E-state index contributed by atoms with van der Waals surface area (Å²) in [5.74, 6) is 0.515. The van der Waals surface area contributed by atoms with E-state index < -0.39 is 0 Å². The maximum Gasteiger partial charge on any atom is 0.269 e. The van der Waals surface area contributed by atoms with Gasteiger partial charge in [0.05, 0.1) is 0 Å². The van der Waals surface area contributed by atoms with Gasteiger partial charge in [0, 0.05) is 44.6 Å². The average molecular weight is 290 g/mol. The average Bonchev–Trinajstić information content (AvgIpc) is 2.47. The van der Waals surface area contributed by atoms with Crippen LogP contribution in [0.15, 0.2) is 18.3 Å². The molecule has 1 aliphatic heterocycles. The van der Waals surface area contributed by atoms with E-state index in [1.165, 1.54) is 0 Å². The number of hydrogen-bond donors (Lipinski definition) is 1. The summed E-state index contributed by atoms with van der Waals surface area (Å²) in [5.41, 5.74) is 1.60. The summed E-state index contributed by atoms with van der Waals surface area (Å²) in [6.07, 6.45) is 2.72. The third kappa shape index (κ3) is 4.70. The number of nitrogens with zero attached hydrogens (tertiary/aromatic N) is 3. The number of carbonyl (C=O) groups excluding carboxylic acids is 1. The molecule has 1 aromatic rings. The highest BCUT2D eigenvalue weighted by atomic mass is 16.1. The molecule has 1 N–H and O–H groups in total. The van der Waals surface area contributed by atoms with Gasteiger partial charge in [0.15, 0.2) is 0 Å². The predicted octanol–water partition coefficient (Wildman–Crippen LogP) is 1.61. The summed E-state index contributed by atoms with van der Waals surface area (Å²) in [4.78, 5) is 20.9. The van der Waals surface area contributed by atoms with Crippen LogP contribution in [-0.2, 0) is 0 Å². The van der Waals surface area contributed by atoms with Gasteiger partial charge in [0.1, 0.15) is 5.69 Å². The number of anilines is 1. The Bertz CT molecular complexity index is 467. The van der Waals surface area contributed by atoms with E-state index in [1.807, 2.05) is 12.1 Å². The molecule has 0 unspecified atom stereocenters. The van der Waals surface area contributed by atoms with E-state index in [0.29, 0.717) is 18.2 Å². The van der Waals surface area contributed by atoms with Crippen LogP contribution in [0.2, 0.25) is 0 Å². The number of hydrogen-bond acceptors (Lipinski definition) is 4. The van der Waals surface area contributed by atoms with Crippen molar-refractivity contribution in [1.82, 2.24) is 15.2 Å². The third-order valence-electron chi connectivity index (χ3n) is 3.85. The first-order valence-corrected chi connectivity index (χ1v) is 7.74. The fourth-order valence-corrected chi connectivity index (χ4v) is 2.37. The Kier molecular flexibility index (Phi) is 5.56. The van der Waals surface area contributed by atoms with Crippen molar-refractivity contribution >= 4 is 11.6 Å². The first-order chi connectivity index (χ1) is 10.1. The molecular formula is C16H26N4O. The van der Waals surface area contributed by atoms with Gasteiger partial charge in [-0.3, -0.25) is 9.78 Å². The molecule has 1 amide bonds. The molecule has 1 saturated heterocycles. The Morgan fingerprint density at radius 1 is 1.33 bits per heavy atom. The standard InChI is InChI=1S/C16H26N4O/c1-13(2)4-6-18-16(21)15-12-14(5-7-17-15)20-10-8-19(3)9-11-20/h5,7,12-13H,4,6,8-11H2,1-3H3,(H,18,21). The molecule has 116 valence electrons. The second kappa shape index (κ2) is 7.41. The minimum atomic E-state index is -0.0772. The van der Waals surface area contributed by atoms with Crippen LogP contribution in [0.1, 0.15) is 30.8 Å². The van der Waals surface area contributed by atoms with Crippen LogP contribution in [0, 0.1) is 5.92 Å². The number of aromatic nitrogens is 1. The molecule has 1 aromatic heterocycles. The summed E-state index contributed by atoms with van der Waals surface area (Å²) in [6.45, 7) is 9.11. The van der Waals surface area contributed by atoms with Crippen LogP contribution in [0.25, 0.3) is 0 Å². The molecule has 0 aliphatic carbocycles. The molecule has 5 nitrogen and oxygen atoms in total. The van der Waals surface area contributed by atoms with Crippen LogP contribution in [0.3, 0.4) is 0 Å². The zero-order valence-electron chi connectivity index (χ0n) is 13.3. The summed E-state index contributed by atoms with van der Waals surface area (Å²) < 4.78 is 0. The molecule has 2 rings (SSSR count). The van der Waals surface area contributed by atoms with E-state index in [1.54, 1.807) is 6.20 Å². The van der Waals surface area contributed by atoms with Crippen molar-refractivity contribution < 1.29 is 4.79 Å². The minimum Gasteiger partial charge on any atom is -0.369 e. The maximum atomic E-state index is 12.1. The number of nitrogens with one attached hydrogen (secondary N) is 1. The Hall–Kier alpha value is -1.62. The monoisotopic (exact) mass is 290 g/mol. The van der Waals surface area contributed by atoms with E-state index in [-0.39, 0.29) is 5.91 Å². The van der Waals surface area contributed by atoms with E-state index in [2.05, 4.69) is 41.0 Å². The molecule has 0 atom stereocenters. The number of carbonyl (C=O) groups is 1. The second-order valence-electron chi connectivity index (χ2n) is 6.13. The van der Waals surface area contributed by atoms with Crippen molar-refractivity contribution in [1.29, 1.82) is 0 Å². The van der Waals surface area contributed by atoms with Gasteiger partial charge in [-0.15, -0.1) is 0 Å². The Labute approximate surface area is 127 Å². The number of amides is 1. The van der Waals surface area contributed by atoms with Crippen molar-refractivity contribution in [2.75, 3.05) is 44.7 Å². The van der Waals surface area contributed by atoms with Gasteiger partial charge >= 0.3 is 0 Å². The zero-order chi connectivity index (χ0) is 15.2. The van der Waals surface area contributed by atoms with Crippen molar-refractivity contribution in [3.8, 4) is 0 Å². The van der Waals surface area contributed by atoms with Crippen molar-refractivity contribution in [3.63, 3.8) is 0 Å². The van der Waals surface area contributed by atoms with Crippen LogP contribution < -0.4 is 10.2 Å². The fraction of sp³-hybridized carbons (Fsp3) is 0.625. The number of likely N-dealkylation sites (N-methyl/N-ethyl adjacent to an activating group) is 1. The lowest BCUT2D eigenvalue weighted by Gasteiger charge is -2.34. The SMILES string of the molecule is CC(C)CCNC(=O)c1cc(N2CCN(C)CC2)ccn1. The summed E-state index contributed by atoms with van der Waals surface area (Å²) in [5, 5.41) is 2.94. The highest BCUT2D eigenvalue weighted by Gasteiger charge is 2.16. The Balaban J connectivity index is 1.95. The van der Waals surface area contributed by atoms with Crippen LogP contribution in [0.4, 0.5) is 5.69 Å². The lowest BCUT2D eigenvalue weighted by atomic mass is 10.1. The van der Waals surface area contributed by atoms with E-state index >= 15 is 0 Å². The Morgan fingerprint density at radius 3 is 2.71 bits per heavy atom. The molecule has 5 heteroatoms. The summed E-state index contributed by atoms with van der Waals surface area (Å²) in [7, 11) is 2.14. The topological polar surface area (TPSA) is 48.5 Å². The zero-order valence-corrected chi connectivity index (χ0v) is 13.3. The predicted molar refractivity (Wildman–Crippen MR) is 85.7 cm³/mol. The quantitative estimate of drug-likeness (QED) is 0.895. The van der Waals surface area contributed by atoms with Gasteiger partial charge in [-0.2, -0.15) is 0 Å². The van der Waals surface area contributed by atoms with Gasteiger partial charge in [-0.05, 0) is 31.5 Å². The number of rotatable bonds is 5. The van der Waals surface area contributed by atoms with Gasteiger partial charge in [0.25, 0.3) is 5.91 Å². The van der Waals surface area contributed by atoms with Crippen molar-refractivity contribution in [3.05, 3.63) is 24.0 Å². The van der Waals surface area contributed by atoms with Gasteiger partial charge < -0.3 is 15.1 Å². The van der Waals surface area contributed by atoms with Crippen molar-refractivity contribution in [2.45, 2.75) is 20.3 Å². The van der Waals surface area contributed by atoms with Gasteiger partial charge in [0.2, 0.25) is 0 Å². The van der Waals surface area contributed by atoms with Crippen LogP contribution in [0.5, 0.6) is 0 Å². The van der Waals surface area contributed by atoms with Crippen LogP contribution >= 0.6 is 0 Å².